The normalized spacial score (nSPS) is 19.7. The standard InChI is InChI=1S/C47H52ClN7O9S2.C47H52ClN7O8S2/c1-47(2)11-9-34(41(26-47)32-3-5-35(48)6-4-32)29-53-13-15-54(16-14-53)36-7-8-39(44(23-36)64-37-22-33-10-12-49-45(33)50-28-37)46(56)52-66(60,61)38-24-42(55(57)58)40-21-31(30-63-43(40)25-38)27-51-65(59)19-17-62-18-20-65;1-47(2)13-11-34(41(26-47)32-5-7-35(48)8-6-32)29-53-15-17-54(18-16-53)36-9-10-39(44(23-36)63-37-22-33-12-14-49-45(33)50-28-37)46(56)52-65(60,61)38-24-42(55(57)58)40-21-31(30-62-43(40)25-38)27-51-64(59)19-3-4-20-64/h3-8,10,12,22-25,28,31H,9,11,13-21,26-27,29-30H2,1-2H3,(H,49,50)(H,52,56);5-10,12,14,22-25,28,31H,3-4,11,13,15-21,26-27,29-30H2,1-2H3,(H,49,50)(H,52,56)/t2*31-/m00/s1. The van der Waals surface area contributed by atoms with E-state index in [0.29, 0.717) is 85.2 Å². The summed E-state index contributed by atoms with van der Waals surface area (Å²) in [4.78, 5) is 74.8. The molecule has 0 spiro atoms. The van der Waals surface area contributed by atoms with Gasteiger partial charge in [0.2, 0.25) is 0 Å². The van der Waals surface area contributed by atoms with Crippen LogP contribution in [0.3, 0.4) is 0 Å². The molecule has 4 N–H and O–H groups in total. The summed E-state index contributed by atoms with van der Waals surface area (Å²) in [6.45, 7) is 18.4. The zero-order valence-electron chi connectivity index (χ0n) is 73.2. The number of hydrogen-bond acceptors (Lipinski definition) is 25. The molecule has 37 heteroatoms. The molecule has 6 aliphatic heterocycles. The number of nitro benzene ring substituents is 2. The molecule has 18 rings (SSSR count). The number of piperazine rings is 2. The van der Waals surface area contributed by atoms with E-state index in [0.717, 1.165) is 135 Å². The molecule has 2 amide bonds. The van der Waals surface area contributed by atoms with Crippen LogP contribution in [0.1, 0.15) is 122 Å². The van der Waals surface area contributed by atoms with Crippen LogP contribution >= 0.6 is 23.2 Å². The lowest BCUT2D eigenvalue weighted by Crippen LogP contribution is -2.47. The highest BCUT2D eigenvalue weighted by Gasteiger charge is 2.38. The van der Waals surface area contributed by atoms with Crippen molar-refractivity contribution in [3.8, 4) is 34.5 Å². The third kappa shape index (κ3) is 21.7. The minimum absolute atomic E-state index is 0.0195. The maximum atomic E-state index is 14.1. The van der Waals surface area contributed by atoms with Crippen LogP contribution in [0.4, 0.5) is 22.7 Å². The van der Waals surface area contributed by atoms with Gasteiger partial charge in [-0.2, -0.15) is 0 Å². The molecule has 0 saturated carbocycles. The first-order valence-corrected chi connectivity index (χ1v) is 51.5. The lowest BCUT2D eigenvalue weighted by molar-refractivity contribution is -0.386. The van der Waals surface area contributed by atoms with Gasteiger partial charge in [-0.05, 0) is 170 Å². The average Bonchev–Trinajstić information content (AvgIpc) is 1.05. The Morgan fingerprint density at radius 1 is 0.550 bits per heavy atom. The Bertz CT molecular complexity index is 6670. The predicted molar refractivity (Wildman–Crippen MR) is 506 cm³/mol. The number of aromatic nitrogens is 4. The summed E-state index contributed by atoms with van der Waals surface area (Å²) in [6, 6.07) is 37.8. The number of benzene rings is 6. The number of nitrogens with zero attached hydrogens (tertiary/aromatic N) is 10. The van der Waals surface area contributed by atoms with Crippen molar-refractivity contribution < 1.29 is 68.4 Å². The van der Waals surface area contributed by atoms with Crippen molar-refractivity contribution in [3.05, 3.63) is 233 Å². The molecule has 2 atom stereocenters. The Balaban J connectivity index is 0.000000183. The second kappa shape index (κ2) is 38.3. The topological polar surface area (TPSA) is 388 Å². The number of carbonyl (C=O) groups is 2. The van der Waals surface area contributed by atoms with Gasteiger partial charge in [-0.1, -0.05) is 86.3 Å². The van der Waals surface area contributed by atoms with Gasteiger partial charge in [-0.3, -0.25) is 39.6 Å². The Hall–Kier alpha value is -11.0. The number of nitrogens with one attached hydrogen (secondary N) is 4. The Morgan fingerprint density at radius 2 is 0.954 bits per heavy atom. The number of allylic oxidation sites excluding steroid dienone is 2. The molecule has 10 aromatic rings. The number of H-pyrrole nitrogens is 2. The van der Waals surface area contributed by atoms with Gasteiger partial charge >= 0.3 is 0 Å². The first-order valence-electron chi connectivity index (χ1n) is 44.1. The summed E-state index contributed by atoms with van der Waals surface area (Å²) in [5, 5.41) is 27.7. The second-order valence-corrected chi connectivity index (χ2v) is 45.9. The number of carbonyl (C=O) groups excluding carboxylic acids is 2. The number of ether oxygens (including phenoxy) is 5. The van der Waals surface area contributed by atoms with Crippen LogP contribution in [-0.2, 0) is 57.1 Å². The van der Waals surface area contributed by atoms with Crippen molar-refractivity contribution in [3.63, 3.8) is 0 Å². The molecule has 4 saturated heterocycles. The fourth-order valence-electron chi connectivity index (χ4n) is 18.4. The second-order valence-electron chi connectivity index (χ2n) is 36.4. The summed E-state index contributed by atoms with van der Waals surface area (Å²) in [5.74, 6) is 0.110. The molecule has 0 bridgehead atoms. The van der Waals surface area contributed by atoms with Crippen LogP contribution in [0, 0.1) is 42.9 Å². The van der Waals surface area contributed by atoms with Crippen molar-refractivity contribution in [2.45, 2.75) is 102 Å². The number of hydrogen-bond donors (Lipinski definition) is 4. The molecular weight excluding hydrogens is 1800 g/mol. The smallest absolute Gasteiger partial charge is 0.277 e. The summed E-state index contributed by atoms with van der Waals surface area (Å²) in [5.41, 5.74) is 10.8. The SMILES string of the molecule is CC1(C)CCC(CN2CCN(c3ccc(C(=O)NS(=O)(=O)c4cc5c(c([N+](=O)[O-])c4)C[C@@H](CN=S4(=O)CCCC4)CO5)c(Oc4cnc5[nH]ccc5c4)c3)CC2)=C(c2ccc(Cl)cc2)C1.CC1(C)CCC(CN2CCN(c3ccc(C(=O)NS(=O)(=O)c4cc5c(c([N+](=O)[O-])c4)C[C@@H](CN=S4(=O)CCOCC4)CO5)c(Oc4cnc5[nH]ccc5c4)c3)CC2)=C(c2ccc(Cl)cc2)C1. The van der Waals surface area contributed by atoms with Gasteiger partial charge in [-0.15, -0.1) is 0 Å². The van der Waals surface area contributed by atoms with Gasteiger partial charge in [-0.25, -0.2) is 53.4 Å². The van der Waals surface area contributed by atoms with Crippen LogP contribution in [-0.4, -0.2) is 205 Å². The third-order valence-electron chi connectivity index (χ3n) is 25.8. The quantitative estimate of drug-likeness (QED) is 0.0322. The summed E-state index contributed by atoms with van der Waals surface area (Å²) < 4.78 is 125. The summed E-state index contributed by atoms with van der Waals surface area (Å²) in [6.07, 6.45) is 14.9. The molecule has 0 unspecified atom stereocenters. The van der Waals surface area contributed by atoms with Crippen LogP contribution in [0.5, 0.6) is 34.5 Å². The maximum absolute atomic E-state index is 14.1. The van der Waals surface area contributed by atoms with E-state index in [4.69, 9.17) is 46.9 Å². The highest BCUT2D eigenvalue weighted by atomic mass is 35.5. The first kappa shape index (κ1) is 91.9. The fraction of sp³-hybridized carbons (Fsp3) is 0.404. The van der Waals surface area contributed by atoms with Crippen molar-refractivity contribution >= 4 is 130 Å². The first-order chi connectivity index (χ1) is 62.7. The Labute approximate surface area is 771 Å². The molecular formula is C94H104Cl2N14O17S4. The van der Waals surface area contributed by atoms with Crippen LogP contribution < -0.4 is 38.2 Å². The Kier molecular flexibility index (Phi) is 26.8. The zero-order valence-corrected chi connectivity index (χ0v) is 78.0. The number of nitro groups is 2. The van der Waals surface area contributed by atoms with E-state index in [1.54, 1.807) is 48.8 Å². The van der Waals surface area contributed by atoms with Crippen molar-refractivity contribution in [2.24, 2.45) is 31.4 Å². The van der Waals surface area contributed by atoms with Crippen molar-refractivity contribution in [2.75, 3.05) is 138 Å². The van der Waals surface area contributed by atoms with Crippen molar-refractivity contribution in [1.82, 2.24) is 39.2 Å². The fourth-order valence-corrected chi connectivity index (χ4v) is 24.6. The van der Waals surface area contributed by atoms with E-state index in [-0.39, 0.29) is 107 Å². The highest BCUT2D eigenvalue weighted by molar-refractivity contribution is 7.94. The number of sulfonamides is 2. The number of pyridine rings is 2. The minimum atomic E-state index is -4.68. The van der Waals surface area contributed by atoms with Crippen LogP contribution in [0.2, 0.25) is 10.0 Å². The summed E-state index contributed by atoms with van der Waals surface area (Å²) in [7, 11) is -14.1. The van der Waals surface area contributed by atoms with Gasteiger partial charge in [0, 0.05) is 180 Å². The van der Waals surface area contributed by atoms with Gasteiger partial charge in [0.1, 0.15) is 45.8 Å². The highest BCUT2D eigenvalue weighted by Crippen LogP contribution is 2.47. The van der Waals surface area contributed by atoms with Crippen LogP contribution in [0.15, 0.2) is 188 Å². The predicted octanol–water partition coefficient (Wildman–Crippen LogP) is 16.5. The lowest BCUT2D eigenvalue weighted by Gasteiger charge is -2.39. The average molecular weight is 1900 g/mol. The third-order valence-corrected chi connectivity index (χ3v) is 33.6. The number of halogens is 2. The maximum Gasteiger partial charge on any atom is 0.277 e. The van der Waals surface area contributed by atoms with E-state index in [1.165, 1.54) is 70.1 Å². The van der Waals surface area contributed by atoms with E-state index in [2.05, 4.69) is 110 Å². The number of amides is 2. The molecule has 4 aromatic heterocycles. The number of aromatic amines is 2. The zero-order chi connectivity index (χ0) is 91.7. The molecule has 8 aliphatic rings. The van der Waals surface area contributed by atoms with E-state index in [9.17, 15) is 55.1 Å². The van der Waals surface area contributed by atoms with Gasteiger partial charge in [0.05, 0.1) is 115 Å². The molecule has 0 radical (unpaired) electrons. The largest absolute Gasteiger partial charge is 0.493 e. The molecule has 6 aromatic carbocycles. The molecule has 2 aliphatic carbocycles. The molecule has 4 fully saturated rings. The molecule has 131 heavy (non-hydrogen) atoms. The molecule has 10 heterocycles. The van der Waals surface area contributed by atoms with E-state index >= 15 is 0 Å². The van der Waals surface area contributed by atoms with Gasteiger partial charge in [0.25, 0.3) is 43.2 Å². The van der Waals surface area contributed by atoms with E-state index < -0.39 is 82.3 Å². The minimum Gasteiger partial charge on any atom is -0.493 e. The van der Waals surface area contributed by atoms with E-state index in [1.807, 2.05) is 36.4 Å². The van der Waals surface area contributed by atoms with Crippen LogP contribution in [0.25, 0.3) is 33.2 Å². The molecule has 31 nitrogen and oxygen atoms in total. The van der Waals surface area contributed by atoms with Gasteiger partial charge in [0.15, 0.2) is 0 Å². The molecule has 690 valence electrons. The summed E-state index contributed by atoms with van der Waals surface area (Å²) >= 11 is 12.5. The lowest BCUT2D eigenvalue weighted by atomic mass is 9.72. The number of anilines is 2. The Morgan fingerprint density at radius 3 is 1.36 bits per heavy atom. The number of rotatable bonds is 24. The monoisotopic (exact) mass is 1900 g/mol. The van der Waals surface area contributed by atoms with Crippen molar-refractivity contribution in [1.29, 1.82) is 0 Å². The number of fused-ring (bicyclic) bond motifs is 4. The van der Waals surface area contributed by atoms with Gasteiger partial charge < -0.3 is 43.5 Å².